The van der Waals surface area contributed by atoms with Crippen molar-refractivity contribution in [1.29, 1.82) is 0 Å². The summed E-state index contributed by atoms with van der Waals surface area (Å²) in [6.07, 6.45) is 8.41. The lowest BCUT2D eigenvalue weighted by atomic mass is 9.71. The van der Waals surface area contributed by atoms with Gasteiger partial charge in [-0.25, -0.2) is 0 Å². The molecule has 1 saturated carbocycles. The fraction of sp³-hybridized carbons (Fsp3) is 1.00. The summed E-state index contributed by atoms with van der Waals surface area (Å²) in [7, 11) is 0. The van der Waals surface area contributed by atoms with Gasteiger partial charge in [0.25, 0.3) is 0 Å². The van der Waals surface area contributed by atoms with Gasteiger partial charge in [0.1, 0.15) is 0 Å². The predicted molar refractivity (Wildman–Crippen MR) is 71.3 cm³/mol. The monoisotopic (exact) mass is 256 g/mol. The molecule has 98 valence electrons. The second kappa shape index (κ2) is 5.10. The molecule has 1 N–H and O–H groups in total. The van der Waals surface area contributed by atoms with E-state index in [1.165, 1.54) is 50.0 Å². The van der Waals surface area contributed by atoms with Crippen molar-refractivity contribution in [3.05, 3.63) is 0 Å². The van der Waals surface area contributed by atoms with Gasteiger partial charge in [0, 0.05) is 12.4 Å². The number of rotatable bonds is 1. The van der Waals surface area contributed by atoms with Gasteiger partial charge in [-0.15, -0.1) is 0 Å². The van der Waals surface area contributed by atoms with Gasteiger partial charge in [0.05, 0.1) is 11.7 Å². The lowest BCUT2D eigenvalue weighted by molar-refractivity contribution is -0.104. The van der Waals surface area contributed by atoms with Crippen LogP contribution >= 0.6 is 11.8 Å². The zero-order valence-electron chi connectivity index (χ0n) is 10.6. The van der Waals surface area contributed by atoms with Gasteiger partial charge in [0.2, 0.25) is 0 Å². The third kappa shape index (κ3) is 2.52. The molecule has 3 fully saturated rings. The lowest BCUT2D eigenvalue weighted by Gasteiger charge is -2.43. The van der Waals surface area contributed by atoms with Gasteiger partial charge in [-0.05, 0) is 49.7 Å². The molecule has 1 spiro atoms. The molecule has 0 aromatic carbocycles. The first-order valence-corrected chi connectivity index (χ1v) is 8.34. The maximum Gasteiger partial charge on any atom is 0.0783 e. The van der Waals surface area contributed by atoms with Crippen LogP contribution in [-0.4, -0.2) is 34.9 Å². The van der Waals surface area contributed by atoms with E-state index in [0.29, 0.717) is 5.92 Å². The Kier molecular flexibility index (Phi) is 3.69. The van der Waals surface area contributed by atoms with Crippen LogP contribution in [0.3, 0.4) is 0 Å². The highest BCUT2D eigenvalue weighted by atomic mass is 32.2. The number of thioether (sulfide) groups is 1. The van der Waals surface area contributed by atoms with Gasteiger partial charge in [-0.1, -0.05) is 12.8 Å². The molecule has 0 bridgehead atoms. The van der Waals surface area contributed by atoms with Gasteiger partial charge >= 0.3 is 0 Å². The zero-order chi connectivity index (χ0) is 11.7. The molecule has 2 saturated heterocycles. The summed E-state index contributed by atoms with van der Waals surface area (Å²) in [5.74, 6) is 3.74. The third-order valence-electron chi connectivity index (χ3n) is 4.99. The minimum Gasteiger partial charge on any atom is -0.393 e. The molecule has 0 amide bonds. The van der Waals surface area contributed by atoms with Gasteiger partial charge < -0.3 is 9.84 Å². The molecule has 3 heteroatoms. The van der Waals surface area contributed by atoms with Crippen LogP contribution in [0.15, 0.2) is 0 Å². The summed E-state index contributed by atoms with van der Waals surface area (Å²) in [6, 6.07) is 0. The van der Waals surface area contributed by atoms with E-state index in [-0.39, 0.29) is 11.7 Å². The van der Waals surface area contributed by atoms with Crippen LogP contribution in [0.5, 0.6) is 0 Å². The normalized spacial score (nSPS) is 47.5. The topological polar surface area (TPSA) is 29.5 Å². The Balaban J connectivity index is 1.66. The van der Waals surface area contributed by atoms with E-state index in [1.54, 1.807) is 0 Å². The van der Waals surface area contributed by atoms with Crippen LogP contribution in [0.1, 0.15) is 44.9 Å². The highest BCUT2D eigenvalue weighted by Crippen LogP contribution is 2.45. The molecule has 3 rings (SSSR count). The molecule has 17 heavy (non-hydrogen) atoms. The number of ether oxygens (including phenoxy) is 1. The SMILES string of the molecule is OC1CCCCC1C1CCOC2(CCSC2)C1. The van der Waals surface area contributed by atoms with Crippen LogP contribution in [0.25, 0.3) is 0 Å². The van der Waals surface area contributed by atoms with E-state index in [0.717, 1.165) is 18.9 Å². The molecule has 4 atom stereocenters. The summed E-state index contributed by atoms with van der Waals surface area (Å²) in [5.41, 5.74) is 0.185. The molecule has 4 unspecified atom stereocenters. The van der Waals surface area contributed by atoms with Crippen LogP contribution in [0, 0.1) is 11.8 Å². The Hall–Kier alpha value is 0.270. The Morgan fingerprint density at radius 3 is 2.82 bits per heavy atom. The summed E-state index contributed by atoms with van der Waals surface area (Å²) < 4.78 is 6.08. The number of hydrogen-bond donors (Lipinski definition) is 1. The molecule has 1 aliphatic carbocycles. The van der Waals surface area contributed by atoms with E-state index in [4.69, 9.17) is 4.74 Å². The van der Waals surface area contributed by atoms with Crippen molar-refractivity contribution in [1.82, 2.24) is 0 Å². The highest BCUT2D eigenvalue weighted by molar-refractivity contribution is 7.99. The summed E-state index contributed by atoms with van der Waals surface area (Å²) in [5, 5.41) is 10.2. The van der Waals surface area contributed by atoms with Crippen LogP contribution < -0.4 is 0 Å². The van der Waals surface area contributed by atoms with Crippen molar-refractivity contribution < 1.29 is 9.84 Å². The first-order chi connectivity index (χ1) is 8.29. The Bertz CT molecular complexity index is 263. The summed E-state index contributed by atoms with van der Waals surface area (Å²) in [4.78, 5) is 0. The number of aliphatic hydroxyl groups excluding tert-OH is 1. The van der Waals surface area contributed by atoms with Crippen LogP contribution in [0.2, 0.25) is 0 Å². The first-order valence-electron chi connectivity index (χ1n) is 7.19. The largest absolute Gasteiger partial charge is 0.393 e. The predicted octanol–water partition coefficient (Wildman–Crippen LogP) is 2.84. The zero-order valence-corrected chi connectivity index (χ0v) is 11.4. The smallest absolute Gasteiger partial charge is 0.0783 e. The average molecular weight is 256 g/mol. The second-order valence-electron chi connectivity index (χ2n) is 6.10. The second-order valence-corrected chi connectivity index (χ2v) is 7.21. The van der Waals surface area contributed by atoms with Crippen molar-refractivity contribution in [2.45, 2.75) is 56.7 Å². The number of aliphatic hydroxyl groups is 1. The van der Waals surface area contributed by atoms with Crippen molar-refractivity contribution in [3.8, 4) is 0 Å². The van der Waals surface area contributed by atoms with Crippen molar-refractivity contribution >= 4 is 11.8 Å². The van der Waals surface area contributed by atoms with Gasteiger partial charge in [-0.3, -0.25) is 0 Å². The molecule has 0 aromatic rings. The number of hydrogen-bond acceptors (Lipinski definition) is 3. The third-order valence-corrected chi connectivity index (χ3v) is 6.21. The van der Waals surface area contributed by atoms with Crippen molar-refractivity contribution in [3.63, 3.8) is 0 Å². The van der Waals surface area contributed by atoms with Gasteiger partial charge in [0.15, 0.2) is 0 Å². The molecular weight excluding hydrogens is 232 g/mol. The van der Waals surface area contributed by atoms with Crippen LogP contribution in [0.4, 0.5) is 0 Å². The molecule has 3 aliphatic rings. The van der Waals surface area contributed by atoms with Crippen LogP contribution in [-0.2, 0) is 4.74 Å². The van der Waals surface area contributed by atoms with E-state index >= 15 is 0 Å². The lowest BCUT2D eigenvalue weighted by Crippen LogP contribution is -2.44. The maximum atomic E-state index is 10.2. The summed E-state index contributed by atoms with van der Waals surface area (Å²) >= 11 is 2.04. The Labute approximate surface area is 108 Å². The summed E-state index contributed by atoms with van der Waals surface area (Å²) in [6.45, 7) is 0.925. The fourth-order valence-corrected chi connectivity index (χ4v) is 5.36. The van der Waals surface area contributed by atoms with Gasteiger partial charge in [-0.2, -0.15) is 11.8 Å². The van der Waals surface area contributed by atoms with E-state index in [2.05, 4.69) is 0 Å². The van der Waals surface area contributed by atoms with Crippen molar-refractivity contribution in [2.24, 2.45) is 11.8 Å². The quantitative estimate of drug-likeness (QED) is 0.782. The molecule has 2 nitrogen and oxygen atoms in total. The molecule has 0 aromatic heterocycles. The Morgan fingerprint density at radius 2 is 2.06 bits per heavy atom. The maximum absolute atomic E-state index is 10.2. The van der Waals surface area contributed by atoms with Crippen molar-refractivity contribution in [2.75, 3.05) is 18.1 Å². The van der Waals surface area contributed by atoms with E-state index in [9.17, 15) is 5.11 Å². The fourth-order valence-electron chi connectivity index (χ4n) is 3.98. The Morgan fingerprint density at radius 1 is 1.18 bits per heavy atom. The highest BCUT2D eigenvalue weighted by Gasteiger charge is 2.43. The molecular formula is C14H24O2S. The first kappa shape index (κ1) is 12.3. The standard InChI is InChI=1S/C14H24O2S/c15-13-4-2-1-3-12(13)11-5-7-16-14(9-11)6-8-17-10-14/h11-13,15H,1-10H2. The minimum atomic E-state index is -0.0297. The molecule has 0 radical (unpaired) electrons. The average Bonchev–Trinajstić information content (AvgIpc) is 2.78. The van der Waals surface area contributed by atoms with E-state index < -0.39 is 0 Å². The molecule has 2 heterocycles. The molecule has 2 aliphatic heterocycles. The minimum absolute atomic E-state index is 0.0297. The van der Waals surface area contributed by atoms with E-state index in [1.807, 2.05) is 11.8 Å².